The summed E-state index contributed by atoms with van der Waals surface area (Å²) in [5.74, 6) is -0.595. The number of hydrogen-bond donors (Lipinski definition) is 2. The molecule has 0 radical (unpaired) electrons. The Bertz CT molecular complexity index is 731. The van der Waals surface area contributed by atoms with Gasteiger partial charge in [0.15, 0.2) is 0 Å². The molecule has 9 nitrogen and oxygen atoms in total. The van der Waals surface area contributed by atoms with Crippen molar-refractivity contribution in [2.45, 2.75) is 4.90 Å². The molecule has 0 saturated heterocycles. The van der Waals surface area contributed by atoms with Gasteiger partial charge in [0, 0.05) is 12.6 Å². The summed E-state index contributed by atoms with van der Waals surface area (Å²) in [6.07, 6.45) is 0. The first-order valence-electron chi connectivity index (χ1n) is 4.97. The van der Waals surface area contributed by atoms with Crippen LogP contribution in [0.3, 0.4) is 0 Å². The normalized spacial score (nSPS) is 12.3. The Morgan fingerprint density at radius 2 is 1.90 bits per heavy atom. The predicted octanol–water partition coefficient (Wildman–Crippen LogP) is -0.185. The molecule has 0 atom stereocenters. The monoisotopic (exact) mass is 343 g/mol. The number of halogens is 1. The fourth-order valence-corrected chi connectivity index (χ4v) is 2.95. The second-order valence-electron chi connectivity index (χ2n) is 3.64. The van der Waals surface area contributed by atoms with Gasteiger partial charge in [-0.2, -0.15) is 0 Å². The highest BCUT2D eigenvalue weighted by atomic mass is 35.5. The maximum Gasteiger partial charge on any atom is 0.289 e. The third kappa shape index (κ3) is 4.68. The van der Waals surface area contributed by atoms with E-state index in [-0.39, 0.29) is 5.02 Å². The number of nitro groups is 1. The highest BCUT2D eigenvalue weighted by Gasteiger charge is 2.20. The van der Waals surface area contributed by atoms with Gasteiger partial charge in [-0.3, -0.25) is 10.1 Å². The predicted molar refractivity (Wildman–Crippen MR) is 71.3 cm³/mol. The zero-order valence-electron chi connectivity index (χ0n) is 9.81. The lowest BCUT2D eigenvalue weighted by Gasteiger charge is -2.06. The van der Waals surface area contributed by atoms with Gasteiger partial charge in [-0.15, -0.1) is 0 Å². The molecule has 1 aromatic carbocycles. The maximum atomic E-state index is 11.8. The number of nitrogens with two attached hydrogens (primary N) is 1. The molecule has 1 rings (SSSR count). The number of nitrogens with zero attached hydrogens (tertiary/aromatic N) is 1. The number of benzene rings is 1. The first kappa shape index (κ1) is 16.8. The largest absolute Gasteiger partial charge is 0.289 e. The molecule has 0 aliphatic rings. The van der Waals surface area contributed by atoms with E-state index in [4.69, 9.17) is 16.7 Å². The van der Waals surface area contributed by atoms with E-state index in [9.17, 15) is 26.9 Å². The molecule has 112 valence electrons. The van der Waals surface area contributed by atoms with Gasteiger partial charge in [0.2, 0.25) is 20.0 Å². The van der Waals surface area contributed by atoms with E-state index in [1.54, 1.807) is 0 Å². The van der Waals surface area contributed by atoms with Gasteiger partial charge in [0.1, 0.15) is 5.02 Å². The van der Waals surface area contributed by atoms with E-state index in [2.05, 4.69) is 0 Å². The molecular weight excluding hydrogens is 334 g/mol. The Labute approximate surface area is 120 Å². The van der Waals surface area contributed by atoms with Crippen molar-refractivity contribution in [1.82, 2.24) is 4.72 Å². The van der Waals surface area contributed by atoms with Crippen molar-refractivity contribution in [1.29, 1.82) is 0 Å². The third-order valence-corrected chi connectivity index (χ3v) is 4.65. The fourth-order valence-electron chi connectivity index (χ4n) is 1.20. The Balaban J connectivity index is 2.99. The number of rotatable bonds is 6. The molecule has 0 fully saturated rings. The second-order valence-corrected chi connectivity index (χ2v) is 7.54. The fraction of sp³-hybridized carbons (Fsp3) is 0.250. The highest BCUT2D eigenvalue weighted by Crippen LogP contribution is 2.26. The number of nitrogens with one attached hydrogen (secondary N) is 1. The van der Waals surface area contributed by atoms with Gasteiger partial charge in [-0.1, -0.05) is 11.6 Å². The van der Waals surface area contributed by atoms with Crippen LogP contribution in [-0.4, -0.2) is 34.1 Å². The van der Waals surface area contributed by atoms with E-state index in [1.807, 2.05) is 4.72 Å². The van der Waals surface area contributed by atoms with E-state index in [0.29, 0.717) is 0 Å². The van der Waals surface area contributed by atoms with Crippen LogP contribution in [0.1, 0.15) is 0 Å². The number of hydrogen-bond acceptors (Lipinski definition) is 6. The van der Waals surface area contributed by atoms with Crippen LogP contribution in [0.2, 0.25) is 5.02 Å². The van der Waals surface area contributed by atoms with E-state index < -0.39 is 47.9 Å². The standard InChI is InChI=1S/C8H10ClN3O6S2/c9-7-2-1-6(5-8(7)12(13)14)20(17,18)11-3-4-19(10,15)16/h1-2,5,11H,3-4H2,(H2,10,15,16). The molecule has 12 heteroatoms. The van der Waals surface area contributed by atoms with E-state index in [1.165, 1.54) is 0 Å². The quantitative estimate of drug-likeness (QED) is 0.540. The molecule has 0 amide bonds. The molecule has 0 aromatic heterocycles. The molecule has 0 aliphatic carbocycles. The minimum absolute atomic E-state index is 0.210. The minimum Gasteiger partial charge on any atom is -0.258 e. The summed E-state index contributed by atoms with van der Waals surface area (Å²) in [4.78, 5) is 9.43. The topological polar surface area (TPSA) is 149 Å². The van der Waals surface area contributed by atoms with Crippen LogP contribution in [-0.2, 0) is 20.0 Å². The van der Waals surface area contributed by atoms with Crippen molar-refractivity contribution >= 4 is 37.3 Å². The van der Waals surface area contributed by atoms with E-state index >= 15 is 0 Å². The summed E-state index contributed by atoms with van der Waals surface area (Å²) < 4.78 is 46.9. The van der Waals surface area contributed by atoms with E-state index in [0.717, 1.165) is 18.2 Å². The molecule has 1 aromatic rings. The van der Waals surface area contributed by atoms with Crippen LogP contribution in [0.15, 0.2) is 23.1 Å². The molecule has 0 saturated carbocycles. The lowest BCUT2D eigenvalue weighted by Crippen LogP contribution is -2.31. The first-order valence-corrected chi connectivity index (χ1v) is 8.55. The van der Waals surface area contributed by atoms with Gasteiger partial charge >= 0.3 is 0 Å². The van der Waals surface area contributed by atoms with Gasteiger partial charge in [0.05, 0.1) is 15.6 Å². The molecule has 0 heterocycles. The average Bonchev–Trinajstić information content (AvgIpc) is 2.26. The summed E-state index contributed by atoms with van der Waals surface area (Å²) in [6, 6.07) is 2.91. The zero-order valence-corrected chi connectivity index (χ0v) is 12.2. The highest BCUT2D eigenvalue weighted by molar-refractivity contribution is 7.90. The van der Waals surface area contributed by atoms with Gasteiger partial charge in [-0.25, -0.2) is 26.7 Å². The molecule has 0 unspecified atom stereocenters. The second kappa shape index (κ2) is 6.01. The lowest BCUT2D eigenvalue weighted by atomic mass is 10.3. The van der Waals surface area contributed by atoms with Crippen LogP contribution in [0.4, 0.5) is 5.69 Å². The maximum absolute atomic E-state index is 11.8. The number of nitro benzene ring substituents is 1. The van der Waals surface area contributed by atoms with Crippen molar-refractivity contribution in [3.05, 3.63) is 33.3 Å². The first-order chi connectivity index (χ1) is 9.03. The van der Waals surface area contributed by atoms with Crippen LogP contribution in [0, 0.1) is 10.1 Å². The summed E-state index contributed by atoms with van der Waals surface area (Å²) in [6.45, 7) is -0.447. The summed E-state index contributed by atoms with van der Waals surface area (Å²) >= 11 is 5.55. The summed E-state index contributed by atoms with van der Waals surface area (Å²) in [7, 11) is -7.90. The van der Waals surface area contributed by atoms with Gasteiger partial charge in [0.25, 0.3) is 5.69 Å². The third-order valence-electron chi connectivity index (χ3n) is 2.10. The van der Waals surface area contributed by atoms with Crippen molar-refractivity contribution in [2.24, 2.45) is 5.14 Å². The summed E-state index contributed by atoms with van der Waals surface area (Å²) in [5, 5.41) is 15.2. The molecule has 0 spiro atoms. The smallest absolute Gasteiger partial charge is 0.258 e. The number of primary sulfonamides is 1. The van der Waals surface area contributed by atoms with Gasteiger partial charge in [-0.05, 0) is 12.1 Å². The molecule has 20 heavy (non-hydrogen) atoms. The van der Waals surface area contributed by atoms with Crippen molar-refractivity contribution in [2.75, 3.05) is 12.3 Å². The molecule has 0 bridgehead atoms. The van der Waals surface area contributed by atoms with Crippen LogP contribution in [0.25, 0.3) is 0 Å². The Morgan fingerprint density at radius 3 is 2.40 bits per heavy atom. The molecule has 0 aliphatic heterocycles. The van der Waals surface area contributed by atoms with Crippen LogP contribution >= 0.6 is 11.6 Å². The van der Waals surface area contributed by atoms with Crippen LogP contribution < -0.4 is 9.86 Å². The molecule has 3 N–H and O–H groups in total. The summed E-state index contributed by atoms with van der Waals surface area (Å²) in [5.41, 5.74) is -0.569. The van der Waals surface area contributed by atoms with Crippen LogP contribution in [0.5, 0.6) is 0 Å². The Kier molecular flexibility index (Phi) is 5.05. The number of sulfonamides is 2. The van der Waals surface area contributed by atoms with Crippen molar-refractivity contribution < 1.29 is 21.8 Å². The molecular formula is C8H10ClN3O6S2. The average molecular weight is 344 g/mol. The Hall–Kier alpha value is -1.27. The van der Waals surface area contributed by atoms with Crippen molar-refractivity contribution in [3.8, 4) is 0 Å². The minimum atomic E-state index is -4.09. The SMILES string of the molecule is NS(=O)(=O)CCNS(=O)(=O)c1ccc(Cl)c([N+](=O)[O-])c1. The lowest BCUT2D eigenvalue weighted by molar-refractivity contribution is -0.384. The zero-order chi connectivity index (χ0) is 15.6. The van der Waals surface area contributed by atoms with Crippen molar-refractivity contribution in [3.63, 3.8) is 0 Å². The van der Waals surface area contributed by atoms with Gasteiger partial charge < -0.3 is 0 Å². The Morgan fingerprint density at radius 1 is 1.30 bits per heavy atom.